The van der Waals surface area contributed by atoms with Crippen molar-refractivity contribution >= 4 is 10.9 Å². The molecule has 1 saturated carbocycles. The zero-order valence-corrected chi connectivity index (χ0v) is 18.4. The summed E-state index contributed by atoms with van der Waals surface area (Å²) in [6.07, 6.45) is 13.3. The third-order valence-corrected chi connectivity index (χ3v) is 6.39. The Labute approximate surface area is 191 Å². The number of nitrogens with zero attached hydrogens (tertiary/aromatic N) is 6. The lowest BCUT2D eigenvalue weighted by molar-refractivity contribution is 0.301. The van der Waals surface area contributed by atoms with Gasteiger partial charge in [-0.25, -0.2) is 9.36 Å². The van der Waals surface area contributed by atoms with Crippen LogP contribution in [0.3, 0.4) is 0 Å². The smallest absolute Gasteiger partial charge is 0.114 e. The minimum atomic E-state index is 0.656. The van der Waals surface area contributed by atoms with E-state index in [2.05, 4.69) is 55.0 Å². The molecule has 166 valence electrons. The van der Waals surface area contributed by atoms with Gasteiger partial charge in [-0.2, -0.15) is 5.10 Å². The van der Waals surface area contributed by atoms with Crippen LogP contribution in [0.5, 0.6) is 0 Å². The van der Waals surface area contributed by atoms with Gasteiger partial charge in [0.1, 0.15) is 5.69 Å². The first-order chi connectivity index (χ1) is 16.3. The van der Waals surface area contributed by atoms with Gasteiger partial charge in [-0.3, -0.25) is 4.98 Å². The highest BCUT2D eigenvalue weighted by Gasteiger charge is 2.16. The summed E-state index contributed by atoms with van der Waals surface area (Å²) in [6.45, 7) is 2.66. The Morgan fingerprint density at radius 2 is 2.09 bits per heavy atom. The molecule has 33 heavy (non-hydrogen) atoms. The highest BCUT2D eigenvalue weighted by atomic mass is 15.4. The van der Waals surface area contributed by atoms with Crippen molar-refractivity contribution in [3.05, 3.63) is 78.6 Å². The highest BCUT2D eigenvalue weighted by molar-refractivity contribution is 5.81. The Morgan fingerprint density at radius 3 is 2.94 bits per heavy atom. The molecule has 0 unspecified atom stereocenters. The standard InChI is InChI=1S/C25H26N8/c1-3-18(4-1)12-26-14-22-10-20-6-5-19(9-24(20)29-22)16-32-17-25(30-31-32)21-11-23(15-27-13-21)33-8-2-7-28-33/h2,5-11,13,15,17-18,26,29H,1,3-4,12,14,16H2. The van der Waals surface area contributed by atoms with Crippen LogP contribution in [-0.4, -0.2) is 41.3 Å². The van der Waals surface area contributed by atoms with E-state index in [9.17, 15) is 0 Å². The van der Waals surface area contributed by atoms with Gasteiger partial charge in [-0.05, 0) is 60.5 Å². The maximum Gasteiger partial charge on any atom is 0.114 e. The fourth-order valence-electron chi connectivity index (χ4n) is 4.35. The quantitative estimate of drug-likeness (QED) is 0.383. The van der Waals surface area contributed by atoms with E-state index in [1.54, 1.807) is 23.3 Å². The maximum atomic E-state index is 4.36. The molecule has 6 rings (SSSR count). The first kappa shape index (κ1) is 19.9. The van der Waals surface area contributed by atoms with E-state index in [4.69, 9.17) is 0 Å². The van der Waals surface area contributed by atoms with Crippen molar-refractivity contribution in [1.82, 2.24) is 40.1 Å². The summed E-state index contributed by atoms with van der Waals surface area (Å²) >= 11 is 0. The Morgan fingerprint density at radius 1 is 1.12 bits per heavy atom. The molecule has 0 radical (unpaired) electrons. The molecule has 1 aromatic carbocycles. The topological polar surface area (TPSA) is 89.2 Å². The van der Waals surface area contributed by atoms with Crippen LogP contribution >= 0.6 is 0 Å². The monoisotopic (exact) mass is 438 g/mol. The average molecular weight is 439 g/mol. The predicted octanol–water partition coefficient (Wildman–Crippen LogP) is 3.95. The summed E-state index contributed by atoms with van der Waals surface area (Å²) in [5, 5.41) is 17.8. The van der Waals surface area contributed by atoms with E-state index in [1.165, 1.54) is 35.9 Å². The van der Waals surface area contributed by atoms with Crippen molar-refractivity contribution in [3.63, 3.8) is 0 Å². The lowest BCUT2D eigenvalue weighted by Gasteiger charge is -2.25. The van der Waals surface area contributed by atoms with Crippen LogP contribution in [0.2, 0.25) is 0 Å². The van der Waals surface area contributed by atoms with Crippen molar-refractivity contribution < 1.29 is 0 Å². The Kier molecular flexibility index (Phi) is 5.20. The maximum absolute atomic E-state index is 4.36. The first-order valence-electron chi connectivity index (χ1n) is 11.5. The molecule has 2 N–H and O–H groups in total. The van der Waals surface area contributed by atoms with Crippen LogP contribution in [0.4, 0.5) is 0 Å². The van der Waals surface area contributed by atoms with E-state index < -0.39 is 0 Å². The molecule has 4 aromatic heterocycles. The lowest BCUT2D eigenvalue weighted by atomic mass is 9.85. The van der Waals surface area contributed by atoms with Gasteiger partial charge in [0.15, 0.2) is 0 Å². The van der Waals surface area contributed by atoms with E-state index >= 15 is 0 Å². The number of benzene rings is 1. The first-order valence-corrected chi connectivity index (χ1v) is 11.5. The molecule has 5 aromatic rings. The molecule has 0 saturated heterocycles. The van der Waals surface area contributed by atoms with E-state index in [1.807, 2.05) is 29.2 Å². The van der Waals surface area contributed by atoms with Gasteiger partial charge in [0.05, 0.1) is 24.6 Å². The summed E-state index contributed by atoms with van der Waals surface area (Å²) in [4.78, 5) is 7.90. The predicted molar refractivity (Wildman–Crippen MR) is 127 cm³/mol. The third-order valence-electron chi connectivity index (χ3n) is 6.39. The van der Waals surface area contributed by atoms with Crippen LogP contribution in [0, 0.1) is 5.92 Å². The average Bonchev–Trinajstić information content (AvgIpc) is 3.56. The van der Waals surface area contributed by atoms with Crippen LogP contribution in [-0.2, 0) is 13.1 Å². The summed E-state index contributed by atoms with van der Waals surface area (Å²) in [5.74, 6) is 0.873. The fourth-order valence-corrected chi connectivity index (χ4v) is 4.35. The molecule has 0 bridgehead atoms. The second-order valence-electron chi connectivity index (χ2n) is 8.83. The summed E-state index contributed by atoms with van der Waals surface area (Å²) < 4.78 is 3.64. The minimum absolute atomic E-state index is 0.656. The molecule has 8 heteroatoms. The largest absolute Gasteiger partial charge is 0.357 e. The van der Waals surface area contributed by atoms with Crippen LogP contribution in [0.15, 0.2) is 67.4 Å². The number of pyridine rings is 1. The van der Waals surface area contributed by atoms with Crippen LogP contribution in [0.1, 0.15) is 30.5 Å². The third kappa shape index (κ3) is 4.29. The molecule has 0 aliphatic heterocycles. The van der Waals surface area contributed by atoms with E-state index in [0.29, 0.717) is 6.54 Å². The number of H-pyrrole nitrogens is 1. The van der Waals surface area contributed by atoms with Gasteiger partial charge < -0.3 is 10.3 Å². The Balaban J connectivity index is 1.15. The SMILES string of the molecule is c1cnn(-c2cncc(-c3cn(Cc4ccc5cc(CNCC6CCC6)[nH]c5c4)nn3)c2)c1. The zero-order chi connectivity index (χ0) is 22.0. The van der Waals surface area contributed by atoms with E-state index in [-0.39, 0.29) is 0 Å². The van der Waals surface area contributed by atoms with Gasteiger partial charge >= 0.3 is 0 Å². The molecule has 1 aliphatic rings. The van der Waals surface area contributed by atoms with E-state index in [0.717, 1.165) is 41.5 Å². The van der Waals surface area contributed by atoms with Crippen molar-refractivity contribution in [2.75, 3.05) is 6.54 Å². The van der Waals surface area contributed by atoms with Crippen molar-refractivity contribution in [3.8, 4) is 16.9 Å². The highest BCUT2D eigenvalue weighted by Crippen LogP contribution is 2.25. The zero-order valence-electron chi connectivity index (χ0n) is 18.4. The number of aromatic nitrogens is 7. The molecular formula is C25H26N8. The van der Waals surface area contributed by atoms with Crippen molar-refractivity contribution in [2.24, 2.45) is 5.92 Å². The number of hydrogen-bond acceptors (Lipinski definition) is 5. The van der Waals surface area contributed by atoms with Gasteiger partial charge in [-0.15, -0.1) is 5.10 Å². The van der Waals surface area contributed by atoms with Crippen molar-refractivity contribution in [1.29, 1.82) is 0 Å². The van der Waals surface area contributed by atoms with Gasteiger partial charge in [0.25, 0.3) is 0 Å². The molecule has 1 fully saturated rings. The molecule has 0 atom stereocenters. The molecule has 8 nitrogen and oxygen atoms in total. The number of aromatic amines is 1. The summed E-state index contributed by atoms with van der Waals surface area (Å²) in [5.41, 5.74) is 6.16. The van der Waals surface area contributed by atoms with Crippen LogP contribution in [0.25, 0.3) is 27.8 Å². The molecular weight excluding hydrogens is 412 g/mol. The van der Waals surface area contributed by atoms with Crippen molar-refractivity contribution in [2.45, 2.75) is 32.4 Å². The molecule has 1 aliphatic carbocycles. The lowest BCUT2D eigenvalue weighted by Crippen LogP contribution is -2.26. The van der Waals surface area contributed by atoms with Gasteiger partial charge in [0, 0.05) is 41.9 Å². The second-order valence-corrected chi connectivity index (χ2v) is 8.83. The Bertz CT molecular complexity index is 1360. The Hall–Kier alpha value is -3.78. The summed E-state index contributed by atoms with van der Waals surface area (Å²) in [6, 6.07) is 12.7. The molecule has 4 heterocycles. The molecule has 0 amide bonds. The van der Waals surface area contributed by atoms with Crippen LogP contribution < -0.4 is 5.32 Å². The second kappa shape index (κ2) is 8.63. The molecule has 0 spiro atoms. The number of fused-ring (bicyclic) bond motifs is 1. The normalized spacial score (nSPS) is 14.1. The number of hydrogen-bond donors (Lipinski definition) is 2. The number of nitrogens with one attached hydrogen (secondary N) is 2. The minimum Gasteiger partial charge on any atom is -0.357 e. The van der Waals surface area contributed by atoms with Gasteiger partial charge in [0.2, 0.25) is 0 Å². The summed E-state index contributed by atoms with van der Waals surface area (Å²) in [7, 11) is 0. The number of rotatable bonds is 8. The fraction of sp³-hybridized carbons (Fsp3) is 0.280. The van der Waals surface area contributed by atoms with Gasteiger partial charge in [-0.1, -0.05) is 23.8 Å².